The monoisotopic (exact) mass is 302 g/mol. The highest BCUT2D eigenvalue weighted by Crippen LogP contribution is 2.23. The van der Waals surface area contributed by atoms with Crippen LogP contribution >= 0.6 is 0 Å². The fraction of sp³-hybridized carbons (Fsp3) is 0.133. The molecule has 22 heavy (non-hydrogen) atoms. The number of nitrogen functional groups attached to an aromatic ring is 2. The first-order valence-corrected chi connectivity index (χ1v) is 6.60. The molecule has 0 radical (unpaired) electrons. The predicted molar refractivity (Wildman–Crippen MR) is 85.4 cm³/mol. The summed E-state index contributed by atoms with van der Waals surface area (Å²) in [7, 11) is 0. The van der Waals surface area contributed by atoms with Gasteiger partial charge in [0.05, 0.1) is 25.0 Å². The van der Waals surface area contributed by atoms with Gasteiger partial charge in [0.1, 0.15) is 17.3 Å². The summed E-state index contributed by atoms with van der Waals surface area (Å²) >= 11 is 0. The Hall–Kier alpha value is -2.93. The van der Waals surface area contributed by atoms with E-state index in [1.54, 1.807) is 24.3 Å². The van der Waals surface area contributed by atoms with Gasteiger partial charge >= 0.3 is 0 Å². The maximum atomic E-state index is 9.14. The Morgan fingerprint density at radius 3 is 2.00 bits per heavy atom. The number of fused-ring (bicyclic) bond motifs is 1. The number of anilines is 2. The van der Waals surface area contributed by atoms with E-state index >= 15 is 0 Å². The third-order valence-electron chi connectivity index (χ3n) is 3.03. The molecule has 2 aromatic carbocycles. The van der Waals surface area contributed by atoms with E-state index in [9.17, 15) is 0 Å². The SMILES string of the molecule is Nc1cnn(CCO)c1N.Oc1ccc2ccc(O)cc2c1. The predicted octanol–water partition coefficient (Wildman–Crippen LogP) is 1.29. The molecule has 1 aromatic heterocycles. The zero-order valence-corrected chi connectivity index (χ0v) is 11.8. The number of phenols is 2. The van der Waals surface area contributed by atoms with E-state index in [1.807, 2.05) is 12.1 Å². The zero-order chi connectivity index (χ0) is 16.1. The first-order valence-electron chi connectivity index (χ1n) is 6.60. The minimum absolute atomic E-state index is 0.0192. The third kappa shape index (κ3) is 3.58. The molecule has 0 bridgehead atoms. The van der Waals surface area contributed by atoms with Gasteiger partial charge in [0.15, 0.2) is 0 Å². The van der Waals surface area contributed by atoms with Gasteiger partial charge in [-0.05, 0) is 35.0 Å². The molecule has 0 unspecified atom stereocenters. The molecule has 0 fully saturated rings. The van der Waals surface area contributed by atoms with Crippen LogP contribution in [0.15, 0.2) is 42.6 Å². The van der Waals surface area contributed by atoms with Crippen molar-refractivity contribution in [1.82, 2.24) is 9.78 Å². The van der Waals surface area contributed by atoms with E-state index in [0.717, 1.165) is 10.8 Å². The van der Waals surface area contributed by atoms with Gasteiger partial charge in [-0.3, -0.25) is 0 Å². The van der Waals surface area contributed by atoms with Crippen molar-refractivity contribution in [2.45, 2.75) is 6.54 Å². The number of hydrogen-bond donors (Lipinski definition) is 5. The number of benzene rings is 2. The van der Waals surface area contributed by atoms with Gasteiger partial charge in [-0.2, -0.15) is 5.10 Å². The molecule has 0 saturated carbocycles. The molecule has 0 aliphatic carbocycles. The lowest BCUT2D eigenvalue weighted by Gasteiger charge is -1.99. The molecule has 0 aliphatic rings. The lowest BCUT2D eigenvalue weighted by molar-refractivity contribution is 0.270. The van der Waals surface area contributed by atoms with Crippen molar-refractivity contribution in [2.24, 2.45) is 0 Å². The molecule has 3 aromatic rings. The standard InChI is InChI=1S/C10H8O2.C5H10N4O/c11-9-3-1-7-2-4-10(12)6-8(7)5-9;6-4-3-8-9(1-2-10)5(4)7/h1-6,11-12H;3,10H,1-2,6-7H2. The second-order valence-corrected chi connectivity index (χ2v) is 4.65. The fourth-order valence-corrected chi connectivity index (χ4v) is 1.90. The molecular weight excluding hydrogens is 284 g/mol. The summed E-state index contributed by atoms with van der Waals surface area (Å²) < 4.78 is 1.45. The number of nitrogens with two attached hydrogens (primary N) is 2. The van der Waals surface area contributed by atoms with Crippen LogP contribution in [0.5, 0.6) is 11.5 Å². The smallest absolute Gasteiger partial charge is 0.145 e. The van der Waals surface area contributed by atoms with Crippen molar-refractivity contribution in [3.8, 4) is 11.5 Å². The van der Waals surface area contributed by atoms with Crippen LogP contribution in [0.3, 0.4) is 0 Å². The van der Waals surface area contributed by atoms with E-state index in [1.165, 1.54) is 10.9 Å². The van der Waals surface area contributed by atoms with E-state index in [-0.39, 0.29) is 18.1 Å². The summed E-state index contributed by atoms with van der Waals surface area (Å²) in [5.41, 5.74) is 11.3. The number of aliphatic hydroxyl groups excluding tert-OH is 1. The molecule has 116 valence electrons. The van der Waals surface area contributed by atoms with Gasteiger partial charge in [-0.15, -0.1) is 0 Å². The molecule has 0 amide bonds. The Labute approximate surface area is 127 Å². The highest BCUT2D eigenvalue weighted by molar-refractivity contribution is 5.85. The Balaban J connectivity index is 0.000000164. The number of nitrogens with zero attached hydrogens (tertiary/aromatic N) is 2. The molecule has 7 nitrogen and oxygen atoms in total. The van der Waals surface area contributed by atoms with Crippen molar-refractivity contribution in [3.63, 3.8) is 0 Å². The Morgan fingerprint density at radius 2 is 1.55 bits per heavy atom. The maximum absolute atomic E-state index is 9.14. The van der Waals surface area contributed by atoms with E-state index in [0.29, 0.717) is 18.1 Å². The molecular formula is C15H18N4O3. The molecule has 3 rings (SSSR count). The number of hydrogen-bond acceptors (Lipinski definition) is 6. The zero-order valence-electron chi connectivity index (χ0n) is 11.8. The van der Waals surface area contributed by atoms with Crippen molar-refractivity contribution in [1.29, 1.82) is 0 Å². The van der Waals surface area contributed by atoms with Crippen LogP contribution < -0.4 is 11.5 Å². The number of phenolic OH excluding ortho intramolecular Hbond substituents is 2. The third-order valence-corrected chi connectivity index (χ3v) is 3.03. The van der Waals surface area contributed by atoms with Crippen molar-refractivity contribution < 1.29 is 15.3 Å². The highest BCUT2D eigenvalue weighted by atomic mass is 16.3. The normalized spacial score (nSPS) is 10.2. The highest BCUT2D eigenvalue weighted by Gasteiger charge is 2.01. The van der Waals surface area contributed by atoms with Gasteiger partial charge in [0.25, 0.3) is 0 Å². The first kappa shape index (κ1) is 15.5. The molecule has 7 N–H and O–H groups in total. The van der Waals surface area contributed by atoms with Crippen LogP contribution in [-0.4, -0.2) is 31.7 Å². The molecule has 7 heteroatoms. The Morgan fingerprint density at radius 1 is 0.955 bits per heavy atom. The summed E-state index contributed by atoms with van der Waals surface area (Å²) in [4.78, 5) is 0. The van der Waals surface area contributed by atoms with Gasteiger partial charge < -0.3 is 26.8 Å². The average Bonchev–Trinajstić information content (AvgIpc) is 2.80. The summed E-state index contributed by atoms with van der Waals surface area (Å²) in [5, 5.41) is 32.4. The number of aliphatic hydroxyl groups is 1. The largest absolute Gasteiger partial charge is 0.508 e. The van der Waals surface area contributed by atoms with Crippen LogP contribution in [0.1, 0.15) is 0 Å². The molecule has 1 heterocycles. The van der Waals surface area contributed by atoms with Crippen LogP contribution in [0.2, 0.25) is 0 Å². The molecule has 0 saturated heterocycles. The first-order chi connectivity index (χ1) is 10.5. The van der Waals surface area contributed by atoms with E-state index in [2.05, 4.69) is 5.10 Å². The molecule has 0 aliphatic heterocycles. The average molecular weight is 302 g/mol. The summed E-state index contributed by atoms with van der Waals surface area (Å²) in [5.74, 6) is 0.843. The lowest BCUT2D eigenvalue weighted by Crippen LogP contribution is -2.07. The van der Waals surface area contributed by atoms with E-state index < -0.39 is 0 Å². The minimum Gasteiger partial charge on any atom is -0.508 e. The van der Waals surface area contributed by atoms with Gasteiger partial charge in [-0.1, -0.05) is 12.1 Å². The van der Waals surface area contributed by atoms with Gasteiger partial charge in [0.2, 0.25) is 0 Å². The van der Waals surface area contributed by atoms with Crippen LogP contribution in [0, 0.1) is 0 Å². The van der Waals surface area contributed by atoms with Gasteiger partial charge in [0, 0.05) is 0 Å². The van der Waals surface area contributed by atoms with Crippen molar-refractivity contribution in [2.75, 3.05) is 18.1 Å². The second-order valence-electron chi connectivity index (χ2n) is 4.65. The summed E-state index contributed by atoms with van der Waals surface area (Å²) in [6.07, 6.45) is 1.46. The fourth-order valence-electron chi connectivity index (χ4n) is 1.90. The molecule has 0 spiro atoms. The number of aromatic hydroxyl groups is 2. The summed E-state index contributed by atoms with van der Waals surface area (Å²) in [6.45, 7) is 0.411. The number of rotatable bonds is 2. The van der Waals surface area contributed by atoms with Crippen LogP contribution in [0.4, 0.5) is 11.5 Å². The topological polar surface area (TPSA) is 131 Å². The van der Waals surface area contributed by atoms with Crippen LogP contribution in [0.25, 0.3) is 10.8 Å². The Bertz CT molecular complexity index is 734. The Kier molecular flexibility index (Phi) is 4.70. The van der Waals surface area contributed by atoms with Gasteiger partial charge in [-0.25, -0.2) is 4.68 Å². The van der Waals surface area contributed by atoms with Crippen molar-refractivity contribution in [3.05, 3.63) is 42.6 Å². The maximum Gasteiger partial charge on any atom is 0.145 e. The number of aromatic nitrogens is 2. The van der Waals surface area contributed by atoms with Crippen LogP contribution in [-0.2, 0) is 6.54 Å². The summed E-state index contributed by atoms with van der Waals surface area (Å²) in [6, 6.07) is 10.1. The minimum atomic E-state index is 0.0192. The quantitative estimate of drug-likeness (QED) is 0.485. The van der Waals surface area contributed by atoms with Crippen molar-refractivity contribution >= 4 is 22.3 Å². The second kappa shape index (κ2) is 6.68. The molecule has 0 atom stereocenters. The van der Waals surface area contributed by atoms with E-state index in [4.69, 9.17) is 26.8 Å². The lowest BCUT2D eigenvalue weighted by atomic mass is 10.1.